The van der Waals surface area contributed by atoms with Crippen molar-refractivity contribution in [2.45, 2.75) is 49.9 Å². The molecule has 44 nitrogen and oxygen atoms in total. The highest BCUT2D eigenvalue weighted by atomic mass is 28.4. The van der Waals surface area contributed by atoms with Crippen molar-refractivity contribution in [3.05, 3.63) is 119 Å². The Labute approximate surface area is 691 Å². The molecule has 0 atom stereocenters. The zero-order valence-electron chi connectivity index (χ0n) is 74.7. The third kappa shape index (κ3) is 139. The smallest absolute Gasteiger partial charge is 0.400 e. The van der Waals surface area contributed by atoms with E-state index >= 15 is 0 Å². The standard InChI is InChI=1S/C30H45N3O9Si3.C9H15NO3Si.28CH4O/c1-40-43(34,35)19-16-25-4-10-28(11-5-25)31-22-32(29-12-6-26(7-13-29)17-20-44(36,37)41-2)24-33(23-31)30-14-8-27(9-15-30)18-21-45(38,39)42-3;1-13-14(11,12)7-6-8-2-4-9(10)5-3-8;28*1-2/h4-15,34-39H,16-24H2,1-3H3;2-5,11-12H,6-7,10H2,1H3;28*2H,1H3. The fourth-order valence-corrected chi connectivity index (χ4v) is 9.46. The van der Waals surface area contributed by atoms with Crippen molar-refractivity contribution in [3.8, 4) is 0 Å². The SMILES string of the molecule is CO.CO.CO.CO.CO.CO.CO.CO.CO.CO.CO.CO.CO.CO.CO.CO.CO.CO.CO.CO.CO.CO.CO.CO.CO.CO.CO.CO.CO[Si](O)(O)CCc1ccc(N)cc1.CO[Si](O)(O)CCc1ccc(N2CN(c3ccc(CC[Si](O)(O)OC)cc3)CN(c3ccc(CC[Si](O)(O)OC)cc3)C2)cc1. The molecule has 1 saturated heterocycles. The number of hydrogen-bond acceptors (Lipinski definition) is 44. The topological polar surface area (TPSA) is 801 Å². The molecule has 5 rings (SSSR count). The zero-order valence-corrected chi connectivity index (χ0v) is 78.7. The molecule has 38 N–H and O–H groups in total. The maximum Gasteiger partial charge on any atom is 0.495 e. The highest BCUT2D eigenvalue weighted by Crippen LogP contribution is 2.29. The molecule has 4 aromatic carbocycles. The largest absolute Gasteiger partial charge is 0.495 e. The minimum Gasteiger partial charge on any atom is -0.400 e. The first kappa shape index (κ1) is 181. The van der Waals surface area contributed by atoms with Gasteiger partial charge in [-0.1, -0.05) is 48.5 Å². The molecule has 0 aromatic heterocycles. The predicted octanol–water partition coefficient (Wildman–Crippen LogP) is -8.85. The fraction of sp³-hybridized carbons (Fsp3) is 0.642. The van der Waals surface area contributed by atoms with Gasteiger partial charge in [-0.3, -0.25) is 0 Å². The van der Waals surface area contributed by atoms with Crippen molar-refractivity contribution in [1.29, 1.82) is 0 Å². The van der Waals surface area contributed by atoms with Crippen molar-refractivity contribution in [2.75, 3.05) is 268 Å². The van der Waals surface area contributed by atoms with Crippen LogP contribution in [0.4, 0.5) is 22.7 Å². The van der Waals surface area contributed by atoms with E-state index in [1.165, 1.54) is 28.4 Å². The second-order valence-corrected chi connectivity index (χ2v) is 24.2. The van der Waals surface area contributed by atoms with E-state index < -0.39 is 35.2 Å². The molecule has 115 heavy (non-hydrogen) atoms. The Morgan fingerprint density at radius 2 is 0.313 bits per heavy atom. The van der Waals surface area contributed by atoms with Gasteiger partial charge < -0.3 is 219 Å². The van der Waals surface area contributed by atoms with Crippen LogP contribution in [0.3, 0.4) is 0 Å². The van der Waals surface area contributed by atoms with E-state index in [-0.39, 0.29) is 24.2 Å². The van der Waals surface area contributed by atoms with Gasteiger partial charge in [0, 0.05) is 274 Å². The third-order valence-electron chi connectivity index (χ3n) is 10.2. The Hall–Kier alpha value is -4.65. The van der Waals surface area contributed by atoms with Crippen LogP contribution < -0.4 is 20.4 Å². The normalized spacial score (nSPS) is 8.64. The molecular formula is C67H172N4O40Si4. The number of anilines is 4. The highest BCUT2D eigenvalue weighted by Gasteiger charge is 2.33. The van der Waals surface area contributed by atoms with Crippen LogP contribution in [0.1, 0.15) is 22.3 Å². The van der Waals surface area contributed by atoms with Crippen LogP contribution in [-0.2, 0) is 43.4 Å². The van der Waals surface area contributed by atoms with Crippen LogP contribution >= 0.6 is 0 Å². The molecule has 0 aliphatic carbocycles. The van der Waals surface area contributed by atoms with Crippen LogP contribution in [0, 0.1) is 0 Å². The van der Waals surface area contributed by atoms with Crippen molar-refractivity contribution < 1.29 is 199 Å². The van der Waals surface area contributed by atoms with Crippen LogP contribution in [0.5, 0.6) is 0 Å². The van der Waals surface area contributed by atoms with Gasteiger partial charge >= 0.3 is 35.2 Å². The zero-order chi connectivity index (χ0) is 99.3. The van der Waals surface area contributed by atoms with Gasteiger partial charge in [0.05, 0.1) is 20.0 Å². The van der Waals surface area contributed by atoms with Crippen molar-refractivity contribution >= 4 is 58.0 Å². The van der Waals surface area contributed by atoms with Gasteiger partial charge in [0.25, 0.3) is 0 Å². The van der Waals surface area contributed by atoms with E-state index in [9.17, 15) is 38.4 Å². The molecule has 1 aliphatic heterocycles. The van der Waals surface area contributed by atoms with Crippen LogP contribution in [-0.4, -0.2) is 464 Å². The molecule has 1 fully saturated rings. The molecule has 0 bridgehead atoms. The van der Waals surface area contributed by atoms with Gasteiger partial charge in [-0.25, -0.2) is 0 Å². The number of rotatable bonds is 19. The Morgan fingerprint density at radius 1 is 0.209 bits per heavy atom. The summed E-state index contributed by atoms with van der Waals surface area (Å²) in [6.45, 7) is 1.89. The lowest BCUT2D eigenvalue weighted by atomic mass is 10.1. The van der Waals surface area contributed by atoms with Gasteiger partial charge in [0.15, 0.2) is 0 Å². The van der Waals surface area contributed by atoms with Crippen LogP contribution in [0.15, 0.2) is 97.1 Å². The maximum absolute atomic E-state index is 9.91. The Balaban J connectivity index is -0.0000000420. The lowest BCUT2D eigenvalue weighted by molar-refractivity contribution is 0.183. The van der Waals surface area contributed by atoms with Crippen molar-refractivity contribution in [3.63, 3.8) is 0 Å². The van der Waals surface area contributed by atoms with E-state index in [2.05, 4.69) is 19.1 Å². The molecule has 1 heterocycles. The van der Waals surface area contributed by atoms with E-state index in [1.807, 2.05) is 84.9 Å². The van der Waals surface area contributed by atoms with E-state index in [0.717, 1.165) is 238 Å². The molecule has 1 aliphatic rings. The second kappa shape index (κ2) is 185. The van der Waals surface area contributed by atoms with Crippen LogP contribution in [0.25, 0.3) is 0 Å². The number of nitrogens with zero attached hydrogens (tertiary/aromatic N) is 3. The molecule has 0 amide bonds. The molecule has 0 saturated carbocycles. The summed E-state index contributed by atoms with van der Waals surface area (Å²) in [7, 11) is 19.0. The number of hydrogen-bond donors (Lipinski definition) is 37. The lowest BCUT2D eigenvalue weighted by Gasteiger charge is -2.45. The first-order chi connectivity index (χ1) is 55.8. The van der Waals surface area contributed by atoms with Gasteiger partial charge in [-0.05, 0) is 96.5 Å². The van der Waals surface area contributed by atoms with Crippen molar-refractivity contribution in [1.82, 2.24) is 0 Å². The summed E-state index contributed by atoms with van der Waals surface area (Å²) in [4.78, 5) is 84.8. The Bertz CT molecular complexity index is 1740. The second-order valence-electron chi connectivity index (χ2n) is 14.6. The number of aliphatic hydroxyl groups is 28. The first-order valence-electron chi connectivity index (χ1n) is 31.7. The summed E-state index contributed by atoms with van der Waals surface area (Å²) in [6.07, 6.45) is 2.11. The summed E-state index contributed by atoms with van der Waals surface area (Å²) in [5, 5.41) is 196. The molecular weight excluding hydrogens is 1610 g/mol. The number of aryl methyl sites for hydroxylation is 4. The molecule has 0 radical (unpaired) electrons. The van der Waals surface area contributed by atoms with Gasteiger partial charge in [-0.2, -0.15) is 0 Å². The molecule has 4 aromatic rings. The molecule has 48 heteroatoms. The first-order valence-corrected chi connectivity index (χ1v) is 39.8. The molecule has 0 unspecified atom stereocenters. The lowest BCUT2D eigenvalue weighted by Crippen LogP contribution is -2.55. The summed E-state index contributed by atoms with van der Waals surface area (Å²) < 4.78 is 19.1. The molecule has 0 spiro atoms. The summed E-state index contributed by atoms with van der Waals surface area (Å²) >= 11 is 0. The van der Waals surface area contributed by atoms with Crippen LogP contribution in [0.2, 0.25) is 24.2 Å². The minimum atomic E-state index is -3.62. The quantitative estimate of drug-likeness (QED) is 0.0306. The fourth-order valence-electron chi connectivity index (χ4n) is 6.18. The number of nitrogen functional groups attached to an aromatic ring is 1. The average molecular weight is 1790 g/mol. The third-order valence-corrected chi connectivity index (χ3v) is 16.4. The summed E-state index contributed by atoms with van der Waals surface area (Å²) in [6, 6.07) is 32.4. The summed E-state index contributed by atoms with van der Waals surface area (Å²) in [5.41, 5.74) is 13.3. The van der Waals surface area contributed by atoms with E-state index in [1.54, 1.807) is 12.1 Å². The minimum absolute atomic E-state index is 0.191. The van der Waals surface area contributed by atoms with Gasteiger partial charge in [0.2, 0.25) is 0 Å². The molecule has 716 valence electrons. The summed E-state index contributed by atoms with van der Waals surface area (Å²) in [5.74, 6) is 0. The number of benzene rings is 4. The van der Waals surface area contributed by atoms with E-state index in [4.69, 9.17) is 162 Å². The van der Waals surface area contributed by atoms with Crippen molar-refractivity contribution in [2.24, 2.45) is 0 Å². The highest BCUT2D eigenvalue weighted by molar-refractivity contribution is 6.58. The van der Waals surface area contributed by atoms with E-state index in [0.29, 0.717) is 51.4 Å². The maximum atomic E-state index is 9.91. The number of nitrogens with two attached hydrogens (primary N) is 1. The Morgan fingerprint density at radius 3 is 0.417 bits per heavy atom. The van der Waals surface area contributed by atoms with Gasteiger partial charge in [0.1, 0.15) is 0 Å². The Kier molecular flexibility index (Phi) is 291. The number of aliphatic hydroxyl groups excluding tert-OH is 28. The predicted molar refractivity (Wildman–Crippen MR) is 463 cm³/mol. The average Bonchev–Trinajstić information content (AvgIpc) is 0.800. The monoisotopic (exact) mass is 1790 g/mol. The van der Waals surface area contributed by atoms with Gasteiger partial charge in [-0.15, -0.1) is 0 Å².